The number of ether oxygens (including phenoxy) is 1. The summed E-state index contributed by atoms with van der Waals surface area (Å²) < 4.78 is 7.99. The van der Waals surface area contributed by atoms with E-state index in [-0.39, 0.29) is 5.60 Å². The van der Waals surface area contributed by atoms with Gasteiger partial charge in [-0.1, -0.05) is 0 Å². The Morgan fingerprint density at radius 1 is 1.46 bits per heavy atom. The van der Waals surface area contributed by atoms with Gasteiger partial charge >= 0.3 is 0 Å². The predicted molar refractivity (Wildman–Crippen MR) is 47.7 cm³/mol. The van der Waals surface area contributed by atoms with Gasteiger partial charge in [0.05, 0.1) is 6.54 Å². The Morgan fingerprint density at radius 3 is 3.08 bits per heavy atom. The van der Waals surface area contributed by atoms with Crippen LogP contribution in [0.4, 0.5) is 0 Å². The molecule has 1 saturated heterocycles. The maximum Gasteiger partial charge on any atom is 0.296 e. The number of hydrogen-bond donors (Lipinski definition) is 1. The molecule has 3 rings (SSSR count). The minimum atomic E-state index is 0.0504. The first kappa shape index (κ1) is 7.38. The minimum Gasteiger partial charge on any atom is -0.456 e. The van der Waals surface area contributed by atoms with Crippen LogP contribution in [0.3, 0.4) is 0 Å². The summed E-state index contributed by atoms with van der Waals surface area (Å²) in [6.45, 7) is 3.10. The predicted octanol–water partition coefficient (Wildman–Crippen LogP) is 0.398. The minimum absolute atomic E-state index is 0.0504. The van der Waals surface area contributed by atoms with E-state index in [0.717, 1.165) is 38.5 Å². The summed E-state index contributed by atoms with van der Waals surface area (Å²) in [6.07, 6.45) is 5.97. The molecule has 1 aromatic heterocycles. The van der Waals surface area contributed by atoms with Crippen molar-refractivity contribution in [2.24, 2.45) is 0 Å². The fourth-order valence-electron chi connectivity index (χ4n) is 2.20. The van der Waals surface area contributed by atoms with Gasteiger partial charge in [0.1, 0.15) is 5.60 Å². The van der Waals surface area contributed by atoms with E-state index in [9.17, 15) is 0 Å². The number of imidazole rings is 1. The zero-order valence-electron chi connectivity index (χ0n) is 7.49. The molecule has 2 aliphatic rings. The van der Waals surface area contributed by atoms with Crippen LogP contribution in [-0.2, 0) is 6.54 Å². The first-order valence-electron chi connectivity index (χ1n) is 4.79. The number of hydrogen-bond acceptors (Lipinski definition) is 3. The van der Waals surface area contributed by atoms with Gasteiger partial charge in [-0.05, 0) is 13.1 Å². The quantitative estimate of drug-likeness (QED) is 0.626. The molecule has 1 aromatic rings. The summed E-state index contributed by atoms with van der Waals surface area (Å²) >= 11 is 0. The van der Waals surface area contributed by atoms with E-state index in [2.05, 4.69) is 14.9 Å². The van der Waals surface area contributed by atoms with Gasteiger partial charge in [0.15, 0.2) is 0 Å². The third-order valence-corrected chi connectivity index (χ3v) is 2.96. The first-order valence-corrected chi connectivity index (χ1v) is 4.79. The molecule has 0 unspecified atom stereocenters. The largest absolute Gasteiger partial charge is 0.456 e. The smallest absolute Gasteiger partial charge is 0.296 e. The Balaban J connectivity index is 1.86. The summed E-state index contributed by atoms with van der Waals surface area (Å²) in [5.41, 5.74) is 0.0504. The molecule has 70 valence electrons. The second-order valence-corrected chi connectivity index (χ2v) is 3.87. The average Bonchev–Trinajstić information content (AvgIpc) is 2.64. The van der Waals surface area contributed by atoms with Crippen molar-refractivity contribution in [3.8, 4) is 6.01 Å². The van der Waals surface area contributed by atoms with E-state index >= 15 is 0 Å². The monoisotopic (exact) mass is 179 g/mol. The van der Waals surface area contributed by atoms with Crippen molar-refractivity contribution in [3.05, 3.63) is 12.4 Å². The van der Waals surface area contributed by atoms with Crippen molar-refractivity contribution in [2.45, 2.75) is 25.0 Å². The Bertz CT molecular complexity index is 292. The summed E-state index contributed by atoms with van der Waals surface area (Å²) in [5, 5.41) is 3.35. The molecule has 1 fully saturated rings. The molecule has 2 aliphatic heterocycles. The maximum absolute atomic E-state index is 5.89. The van der Waals surface area contributed by atoms with Gasteiger partial charge in [0.25, 0.3) is 6.01 Å². The molecule has 0 bridgehead atoms. The molecule has 0 saturated carbocycles. The van der Waals surface area contributed by atoms with Gasteiger partial charge in [0, 0.05) is 25.2 Å². The molecular formula is C9H13N3O. The SMILES string of the molecule is c1cn2c(n1)OC1(CCNCC1)C2. The third-order valence-electron chi connectivity index (χ3n) is 2.96. The van der Waals surface area contributed by atoms with Crippen LogP contribution < -0.4 is 10.1 Å². The van der Waals surface area contributed by atoms with Crippen molar-refractivity contribution in [1.29, 1.82) is 0 Å². The molecule has 4 nitrogen and oxygen atoms in total. The highest BCUT2D eigenvalue weighted by atomic mass is 16.5. The van der Waals surface area contributed by atoms with Crippen LogP contribution in [0.1, 0.15) is 12.8 Å². The highest BCUT2D eigenvalue weighted by Crippen LogP contribution is 2.33. The number of aromatic nitrogens is 2. The third kappa shape index (κ3) is 1.05. The van der Waals surface area contributed by atoms with Crippen molar-refractivity contribution in [2.75, 3.05) is 13.1 Å². The van der Waals surface area contributed by atoms with E-state index in [1.807, 2.05) is 6.20 Å². The van der Waals surface area contributed by atoms with Gasteiger partial charge in [-0.2, -0.15) is 0 Å². The zero-order valence-corrected chi connectivity index (χ0v) is 7.49. The lowest BCUT2D eigenvalue weighted by molar-refractivity contribution is 0.0538. The Morgan fingerprint density at radius 2 is 2.31 bits per heavy atom. The molecule has 4 heteroatoms. The van der Waals surface area contributed by atoms with E-state index in [0.29, 0.717) is 0 Å². The molecule has 3 heterocycles. The van der Waals surface area contributed by atoms with E-state index < -0.39 is 0 Å². The van der Waals surface area contributed by atoms with Crippen LogP contribution in [0.15, 0.2) is 12.4 Å². The topological polar surface area (TPSA) is 39.1 Å². The Labute approximate surface area is 76.9 Å². The number of nitrogens with zero attached hydrogens (tertiary/aromatic N) is 2. The van der Waals surface area contributed by atoms with Crippen LogP contribution in [0.5, 0.6) is 6.01 Å². The van der Waals surface area contributed by atoms with Crippen molar-refractivity contribution >= 4 is 0 Å². The highest BCUT2D eigenvalue weighted by molar-refractivity contribution is 5.09. The lowest BCUT2D eigenvalue weighted by Crippen LogP contribution is -2.45. The molecule has 1 N–H and O–H groups in total. The molecule has 0 amide bonds. The van der Waals surface area contributed by atoms with Gasteiger partial charge in [-0.25, -0.2) is 4.98 Å². The van der Waals surface area contributed by atoms with E-state index in [1.54, 1.807) is 6.20 Å². The number of fused-ring (bicyclic) bond motifs is 1. The molecule has 0 atom stereocenters. The van der Waals surface area contributed by atoms with Crippen molar-refractivity contribution < 1.29 is 4.74 Å². The molecule has 0 aliphatic carbocycles. The second-order valence-electron chi connectivity index (χ2n) is 3.87. The zero-order chi connectivity index (χ0) is 8.73. The standard InChI is InChI=1S/C9H13N3O/c1-3-10-4-2-9(1)7-12-6-5-11-8(12)13-9/h5-6,10H,1-4,7H2. The van der Waals surface area contributed by atoms with Crippen molar-refractivity contribution in [3.63, 3.8) is 0 Å². The number of rotatable bonds is 0. The Hall–Kier alpha value is -1.03. The van der Waals surface area contributed by atoms with E-state index in [1.165, 1.54) is 0 Å². The normalized spacial score (nSPS) is 24.3. The number of nitrogens with one attached hydrogen (secondary N) is 1. The van der Waals surface area contributed by atoms with Crippen LogP contribution in [0.2, 0.25) is 0 Å². The first-order chi connectivity index (χ1) is 6.38. The second kappa shape index (κ2) is 2.48. The molecule has 0 aromatic carbocycles. The highest BCUT2D eigenvalue weighted by Gasteiger charge is 2.40. The maximum atomic E-state index is 5.89. The van der Waals surface area contributed by atoms with Gasteiger partial charge in [-0.15, -0.1) is 0 Å². The molecule has 0 radical (unpaired) electrons. The summed E-state index contributed by atoms with van der Waals surface area (Å²) in [4.78, 5) is 4.17. The molecular weight excluding hydrogens is 166 g/mol. The van der Waals surface area contributed by atoms with Crippen LogP contribution in [0, 0.1) is 0 Å². The summed E-state index contributed by atoms with van der Waals surface area (Å²) in [7, 11) is 0. The van der Waals surface area contributed by atoms with E-state index in [4.69, 9.17) is 4.74 Å². The van der Waals surface area contributed by atoms with Gasteiger partial charge in [0.2, 0.25) is 0 Å². The molecule has 1 spiro atoms. The van der Waals surface area contributed by atoms with Gasteiger partial charge in [-0.3, -0.25) is 4.57 Å². The summed E-state index contributed by atoms with van der Waals surface area (Å²) in [6, 6.07) is 0.793. The fraction of sp³-hybridized carbons (Fsp3) is 0.667. The number of piperidine rings is 1. The van der Waals surface area contributed by atoms with Gasteiger partial charge < -0.3 is 10.1 Å². The molecule has 13 heavy (non-hydrogen) atoms. The Kier molecular flexibility index (Phi) is 1.41. The summed E-state index contributed by atoms with van der Waals surface area (Å²) in [5.74, 6) is 0. The van der Waals surface area contributed by atoms with Crippen LogP contribution >= 0.6 is 0 Å². The van der Waals surface area contributed by atoms with Crippen LogP contribution in [-0.4, -0.2) is 28.2 Å². The average molecular weight is 179 g/mol. The lowest BCUT2D eigenvalue weighted by atomic mass is 9.93. The fourth-order valence-corrected chi connectivity index (χ4v) is 2.20. The van der Waals surface area contributed by atoms with Crippen LogP contribution in [0.25, 0.3) is 0 Å². The lowest BCUT2D eigenvalue weighted by Gasteiger charge is -2.31. The van der Waals surface area contributed by atoms with Crippen molar-refractivity contribution in [1.82, 2.24) is 14.9 Å².